The first-order valence-corrected chi connectivity index (χ1v) is 9.58. The Kier molecular flexibility index (Phi) is 4.52. The molecule has 7 heteroatoms. The largest absolute Gasteiger partial charge is 0.364 e. The van der Waals surface area contributed by atoms with Crippen molar-refractivity contribution in [2.45, 2.75) is 0 Å². The molecule has 0 spiro atoms. The van der Waals surface area contributed by atoms with Crippen LogP contribution in [-0.4, -0.2) is 54.8 Å². The minimum Gasteiger partial charge on any atom is -0.364 e. The summed E-state index contributed by atoms with van der Waals surface area (Å²) in [5, 5.41) is 10.9. The lowest BCUT2D eigenvalue weighted by atomic mass is 10.1. The van der Waals surface area contributed by atoms with Gasteiger partial charge in [0.2, 0.25) is 0 Å². The third-order valence-corrected chi connectivity index (χ3v) is 5.79. The van der Waals surface area contributed by atoms with Crippen molar-refractivity contribution in [3.8, 4) is 6.07 Å². The number of carbonyl (C=O) groups excluding carboxylic acids is 2. The Morgan fingerprint density at radius 2 is 1.70 bits per heavy atom. The summed E-state index contributed by atoms with van der Waals surface area (Å²) in [7, 11) is 2.05. The van der Waals surface area contributed by atoms with E-state index < -0.39 is 0 Å². The van der Waals surface area contributed by atoms with E-state index in [4.69, 9.17) is 5.26 Å². The molecule has 2 aliphatic rings. The van der Waals surface area contributed by atoms with E-state index in [1.165, 1.54) is 16.2 Å². The van der Waals surface area contributed by atoms with Crippen LogP contribution in [0.1, 0.15) is 10.4 Å². The number of nitrogens with zero attached hydrogens (tertiary/aromatic N) is 4. The number of anilines is 1. The summed E-state index contributed by atoms with van der Waals surface area (Å²) >= 11 is 1.46. The van der Waals surface area contributed by atoms with Gasteiger partial charge < -0.3 is 9.80 Å². The fraction of sp³-hybridized carbons (Fsp3) is 0.250. The molecule has 6 nitrogen and oxygen atoms in total. The van der Waals surface area contributed by atoms with Crippen molar-refractivity contribution in [2.24, 2.45) is 0 Å². The van der Waals surface area contributed by atoms with E-state index in [0.29, 0.717) is 35.6 Å². The number of rotatable bonds is 3. The number of amides is 2. The molecule has 2 aliphatic heterocycles. The van der Waals surface area contributed by atoms with Gasteiger partial charge in [-0.3, -0.25) is 9.59 Å². The number of imide groups is 1. The SMILES string of the molecule is CN1CCN(C2=C(c3cccs3)C(=O)N(c3ccc(C#N)cc3)C2=O)CC1. The number of carbonyl (C=O) groups is 2. The number of hydrogen-bond donors (Lipinski definition) is 0. The van der Waals surface area contributed by atoms with Gasteiger partial charge in [-0.1, -0.05) is 6.07 Å². The summed E-state index contributed by atoms with van der Waals surface area (Å²) in [6.07, 6.45) is 0. The van der Waals surface area contributed by atoms with Crippen LogP contribution in [0.25, 0.3) is 5.57 Å². The van der Waals surface area contributed by atoms with Crippen LogP contribution in [0.5, 0.6) is 0 Å². The van der Waals surface area contributed by atoms with Crippen molar-refractivity contribution < 1.29 is 9.59 Å². The molecule has 4 rings (SSSR count). The fourth-order valence-corrected chi connectivity index (χ4v) is 4.17. The zero-order valence-corrected chi connectivity index (χ0v) is 15.7. The van der Waals surface area contributed by atoms with Gasteiger partial charge in [0, 0.05) is 31.1 Å². The topological polar surface area (TPSA) is 67.7 Å². The Labute approximate surface area is 161 Å². The average Bonchev–Trinajstić information content (AvgIpc) is 3.29. The molecule has 1 aromatic carbocycles. The number of piperazine rings is 1. The number of nitriles is 1. The summed E-state index contributed by atoms with van der Waals surface area (Å²) in [5.74, 6) is -0.598. The Morgan fingerprint density at radius 1 is 1.00 bits per heavy atom. The maximum absolute atomic E-state index is 13.3. The van der Waals surface area contributed by atoms with Gasteiger partial charge in [-0.05, 0) is 42.8 Å². The van der Waals surface area contributed by atoms with Crippen LogP contribution in [0.15, 0.2) is 47.5 Å². The minimum atomic E-state index is -0.305. The first-order valence-electron chi connectivity index (χ1n) is 8.70. The molecule has 27 heavy (non-hydrogen) atoms. The van der Waals surface area contributed by atoms with Gasteiger partial charge in [0.1, 0.15) is 5.70 Å². The van der Waals surface area contributed by atoms with Crippen LogP contribution in [0.2, 0.25) is 0 Å². The molecule has 0 radical (unpaired) electrons. The number of benzene rings is 1. The summed E-state index contributed by atoms with van der Waals surface area (Å²) in [6, 6.07) is 12.3. The highest BCUT2D eigenvalue weighted by molar-refractivity contribution is 7.11. The first-order chi connectivity index (χ1) is 13.1. The molecule has 1 saturated heterocycles. The molecule has 2 aromatic rings. The molecule has 136 valence electrons. The quantitative estimate of drug-likeness (QED) is 0.766. The van der Waals surface area contributed by atoms with Crippen LogP contribution < -0.4 is 4.90 Å². The van der Waals surface area contributed by atoms with Gasteiger partial charge >= 0.3 is 0 Å². The second kappa shape index (κ2) is 6.99. The smallest absolute Gasteiger partial charge is 0.282 e. The summed E-state index contributed by atoms with van der Waals surface area (Å²) in [5.41, 5.74) is 1.94. The summed E-state index contributed by atoms with van der Waals surface area (Å²) < 4.78 is 0. The minimum absolute atomic E-state index is 0.294. The first kappa shape index (κ1) is 17.5. The van der Waals surface area contributed by atoms with E-state index in [0.717, 1.165) is 18.0 Å². The lowest BCUT2D eigenvalue weighted by Gasteiger charge is -2.34. The van der Waals surface area contributed by atoms with Gasteiger partial charge in [0.15, 0.2) is 0 Å². The normalized spacial score (nSPS) is 18.4. The highest BCUT2D eigenvalue weighted by atomic mass is 32.1. The molecule has 0 aliphatic carbocycles. The van der Waals surface area contributed by atoms with Crippen LogP contribution in [-0.2, 0) is 9.59 Å². The van der Waals surface area contributed by atoms with Crippen molar-refractivity contribution in [3.63, 3.8) is 0 Å². The molecule has 0 saturated carbocycles. The summed E-state index contributed by atoms with van der Waals surface area (Å²) in [4.78, 5) is 32.8. The maximum Gasteiger partial charge on any atom is 0.282 e. The lowest BCUT2D eigenvalue weighted by Crippen LogP contribution is -2.46. The van der Waals surface area contributed by atoms with Crippen LogP contribution in [0.3, 0.4) is 0 Å². The predicted molar refractivity (Wildman–Crippen MR) is 104 cm³/mol. The number of thiophene rings is 1. The van der Waals surface area contributed by atoms with E-state index >= 15 is 0 Å². The standard InChI is InChI=1S/C20H18N4O2S/c1-22-8-10-23(11-9-22)18-17(16-3-2-12-27-16)19(25)24(20(18)26)15-6-4-14(13-21)5-7-15/h2-7,12H,8-11H2,1H3. The second-order valence-electron chi connectivity index (χ2n) is 6.60. The van der Waals surface area contributed by atoms with Gasteiger partial charge in [-0.25, -0.2) is 4.90 Å². The molecule has 3 heterocycles. The average molecular weight is 378 g/mol. The Morgan fingerprint density at radius 3 is 2.30 bits per heavy atom. The van der Waals surface area contributed by atoms with E-state index in [1.807, 2.05) is 22.4 Å². The van der Waals surface area contributed by atoms with Gasteiger partial charge in [0.25, 0.3) is 11.8 Å². The molecular formula is C20H18N4O2S. The molecule has 0 bridgehead atoms. The highest BCUT2D eigenvalue weighted by Gasteiger charge is 2.43. The van der Waals surface area contributed by atoms with Crippen molar-refractivity contribution in [1.29, 1.82) is 5.26 Å². The predicted octanol–water partition coefficient (Wildman–Crippen LogP) is 2.15. The molecule has 1 fully saturated rings. The monoisotopic (exact) mass is 378 g/mol. The van der Waals surface area contributed by atoms with E-state index in [-0.39, 0.29) is 11.8 Å². The number of likely N-dealkylation sites (N-methyl/N-ethyl adjacent to an activating group) is 1. The maximum atomic E-state index is 13.3. The zero-order valence-electron chi connectivity index (χ0n) is 14.9. The van der Waals surface area contributed by atoms with E-state index in [1.54, 1.807) is 24.3 Å². The van der Waals surface area contributed by atoms with Gasteiger partial charge in [-0.15, -0.1) is 11.3 Å². The second-order valence-corrected chi connectivity index (χ2v) is 7.54. The Hall–Kier alpha value is -2.95. The third kappa shape index (κ3) is 3.03. The van der Waals surface area contributed by atoms with Crippen LogP contribution in [0, 0.1) is 11.3 Å². The fourth-order valence-electron chi connectivity index (χ4n) is 3.40. The van der Waals surface area contributed by atoms with Crippen molar-refractivity contribution in [3.05, 3.63) is 57.9 Å². The molecular weight excluding hydrogens is 360 g/mol. The van der Waals surface area contributed by atoms with E-state index in [2.05, 4.69) is 18.0 Å². The van der Waals surface area contributed by atoms with Crippen molar-refractivity contribution in [2.75, 3.05) is 38.1 Å². The molecule has 0 N–H and O–H groups in total. The van der Waals surface area contributed by atoms with Crippen molar-refractivity contribution >= 4 is 34.4 Å². The molecule has 2 amide bonds. The number of hydrogen-bond acceptors (Lipinski definition) is 6. The molecule has 0 unspecified atom stereocenters. The van der Waals surface area contributed by atoms with Crippen molar-refractivity contribution in [1.82, 2.24) is 9.80 Å². The highest BCUT2D eigenvalue weighted by Crippen LogP contribution is 2.36. The lowest BCUT2D eigenvalue weighted by molar-refractivity contribution is -0.120. The van der Waals surface area contributed by atoms with Crippen LogP contribution >= 0.6 is 11.3 Å². The molecule has 1 aromatic heterocycles. The molecule has 0 atom stereocenters. The third-order valence-electron chi connectivity index (χ3n) is 4.90. The zero-order chi connectivity index (χ0) is 19.0. The van der Waals surface area contributed by atoms with Gasteiger partial charge in [-0.2, -0.15) is 5.26 Å². The Bertz CT molecular complexity index is 949. The Balaban J connectivity index is 1.76. The summed E-state index contributed by atoms with van der Waals surface area (Å²) in [6.45, 7) is 3.11. The van der Waals surface area contributed by atoms with Gasteiger partial charge in [0.05, 0.1) is 22.9 Å². The van der Waals surface area contributed by atoms with E-state index in [9.17, 15) is 9.59 Å². The van der Waals surface area contributed by atoms with Crippen LogP contribution in [0.4, 0.5) is 5.69 Å².